The zero-order valence-corrected chi connectivity index (χ0v) is 17.1. The van der Waals surface area contributed by atoms with Crippen molar-refractivity contribution in [3.8, 4) is 0 Å². The third-order valence-electron chi connectivity index (χ3n) is 4.23. The number of carbonyl (C=O) groups is 2. The number of hydrogen-bond donors (Lipinski definition) is 0. The summed E-state index contributed by atoms with van der Waals surface area (Å²) >= 11 is 11.5. The molecule has 1 saturated heterocycles. The fraction of sp³-hybridized carbons (Fsp3) is 0.278. The highest BCUT2D eigenvalue weighted by Crippen LogP contribution is 2.37. The Morgan fingerprint density at radius 1 is 0.966 bits per heavy atom. The van der Waals surface area contributed by atoms with Crippen LogP contribution in [0.25, 0.3) is 0 Å². The molecule has 1 aliphatic heterocycles. The van der Waals surface area contributed by atoms with Gasteiger partial charge >= 0.3 is 5.51 Å². The molecular weight excluding hydrogens is 450 g/mol. The molecule has 11 heteroatoms. The smallest absolute Gasteiger partial charge is 0.335 e. The normalized spacial score (nSPS) is 14.8. The molecule has 0 aliphatic carbocycles. The molecule has 5 nitrogen and oxygen atoms in total. The van der Waals surface area contributed by atoms with Gasteiger partial charge in [-0.15, -0.1) is 0 Å². The van der Waals surface area contributed by atoms with Crippen LogP contribution in [-0.2, 0) is 0 Å². The zero-order chi connectivity index (χ0) is 21.2. The summed E-state index contributed by atoms with van der Waals surface area (Å²) in [5.74, 6) is -0.852. The molecule has 1 fully saturated rings. The van der Waals surface area contributed by atoms with Crippen LogP contribution in [0.4, 0.5) is 13.2 Å². The maximum absolute atomic E-state index is 12.7. The van der Waals surface area contributed by atoms with Crippen LogP contribution in [0.5, 0.6) is 0 Å². The predicted octanol–water partition coefficient (Wildman–Crippen LogP) is 4.60. The fourth-order valence-electron chi connectivity index (χ4n) is 2.86. The van der Waals surface area contributed by atoms with Crippen LogP contribution in [0, 0.1) is 0 Å². The van der Waals surface area contributed by atoms with Crippen molar-refractivity contribution in [2.75, 3.05) is 26.2 Å². The van der Waals surface area contributed by atoms with Crippen LogP contribution in [0.2, 0.25) is 10.0 Å². The SMILES string of the molecule is O=C(c1ccc(Cl)cc1Cl)N1CCN(C(=O)c2cccnc2SC(F)(F)F)CC1. The second-order valence-corrected chi connectivity index (χ2v) is 8.01. The van der Waals surface area contributed by atoms with Gasteiger partial charge in [0.25, 0.3) is 11.8 Å². The largest absolute Gasteiger partial charge is 0.447 e. The first-order valence-electron chi connectivity index (χ1n) is 8.40. The van der Waals surface area contributed by atoms with E-state index < -0.39 is 28.2 Å². The van der Waals surface area contributed by atoms with Gasteiger partial charge in [0.2, 0.25) is 0 Å². The van der Waals surface area contributed by atoms with Crippen molar-refractivity contribution in [1.29, 1.82) is 0 Å². The molecule has 0 saturated carbocycles. The molecule has 154 valence electrons. The van der Waals surface area contributed by atoms with E-state index in [0.717, 1.165) is 0 Å². The van der Waals surface area contributed by atoms with E-state index in [1.165, 1.54) is 40.3 Å². The maximum Gasteiger partial charge on any atom is 0.447 e. The summed E-state index contributed by atoms with van der Waals surface area (Å²) in [4.78, 5) is 32.0. The van der Waals surface area contributed by atoms with Gasteiger partial charge in [-0.25, -0.2) is 4.98 Å². The van der Waals surface area contributed by atoms with Crippen LogP contribution in [0.1, 0.15) is 20.7 Å². The average molecular weight is 464 g/mol. The number of aromatic nitrogens is 1. The summed E-state index contributed by atoms with van der Waals surface area (Å²) in [5.41, 5.74) is -4.37. The molecule has 2 amide bonds. The van der Waals surface area contributed by atoms with Crippen LogP contribution >= 0.6 is 35.0 Å². The predicted molar refractivity (Wildman–Crippen MR) is 104 cm³/mol. The highest BCUT2D eigenvalue weighted by Gasteiger charge is 2.34. The first kappa shape index (κ1) is 21.7. The summed E-state index contributed by atoms with van der Waals surface area (Å²) in [5, 5.41) is 0.243. The van der Waals surface area contributed by atoms with E-state index in [1.54, 1.807) is 6.07 Å². The Morgan fingerprint density at radius 3 is 2.10 bits per heavy atom. The van der Waals surface area contributed by atoms with E-state index in [1.807, 2.05) is 0 Å². The third-order valence-corrected chi connectivity index (χ3v) is 5.53. The van der Waals surface area contributed by atoms with E-state index in [2.05, 4.69) is 4.98 Å². The molecule has 1 aliphatic rings. The Balaban J connectivity index is 1.68. The van der Waals surface area contributed by atoms with Gasteiger partial charge in [0.05, 0.1) is 16.1 Å². The summed E-state index contributed by atoms with van der Waals surface area (Å²) in [6, 6.07) is 7.28. The number of thioether (sulfide) groups is 1. The lowest BCUT2D eigenvalue weighted by atomic mass is 10.1. The first-order chi connectivity index (χ1) is 13.7. The fourth-order valence-corrected chi connectivity index (χ4v) is 3.95. The third kappa shape index (κ3) is 5.34. The van der Waals surface area contributed by atoms with Crippen molar-refractivity contribution < 1.29 is 22.8 Å². The topological polar surface area (TPSA) is 53.5 Å². The molecule has 2 heterocycles. The number of piperazine rings is 1. The van der Waals surface area contributed by atoms with Gasteiger partial charge in [-0.05, 0) is 30.3 Å². The number of benzene rings is 1. The Hall–Kier alpha value is -1.97. The Kier molecular flexibility index (Phi) is 6.60. The molecule has 3 rings (SSSR count). The molecule has 29 heavy (non-hydrogen) atoms. The highest BCUT2D eigenvalue weighted by atomic mass is 35.5. The highest BCUT2D eigenvalue weighted by molar-refractivity contribution is 8.00. The van der Waals surface area contributed by atoms with Gasteiger partial charge in [0.15, 0.2) is 0 Å². The molecule has 0 spiro atoms. The molecule has 0 radical (unpaired) electrons. The molecule has 1 aromatic carbocycles. The van der Waals surface area contributed by atoms with Gasteiger partial charge < -0.3 is 9.80 Å². The van der Waals surface area contributed by atoms with Crippen molar-refractivity contribution in [3.05, 3.63) is 57.7 Å². The van der Waals surface area contributed by atoms with Gasteiger partial charge in [0.1, 0.15) is 5.03 Å². The second kappa shape index (κ2) is 8.81. The molecular formula is C18H14Cl2F3N3O2S. The lowest BCUT2D eigenvalue weighted by Gasteiger charge is -2.35. The van der Waals surface area contributed by atoms with Crippen molar-refractivity contribution in [3.63, 3.8) is 0 Å². The minimum absolute atomic E-state index is 0.115. The first-order valence-corrected chi connectivity index (χ1v) is 9.97. The van der Waals surface area contributed by atoms with Crippen LogP contribution in [-0.4, -0.2) is 58.3 Å². The lowest BCUT2D eigenvalue weighted by Crippen LogP contribution is -2.50. The minimum Gasteiger partial charge on any atom is -0.335 e. The summed E-state index contributed by atoms with van der Waals surface area (Å²) in [6.07, 6.45) is 1.21. The minimum atomic E-state index is -4.55. The molecule has 0 N–H and O–H groups in total. The van der Waals surface area contributed by atoms with Crippen molar-refractivity contribution in [1.82, 2.24) is 14.8 Å². The number of rotatable bonds is 3. The molecule has 0 bridgehead atoms. The number of nitrogens with zero attached hydrogens (tertiary/aromatic N) is 3. The van der Waals surface area contributed by atoms with Crippen LogP contribution < -0.4 is 0 Å². The summed E-state index contributed by atoms with van der Waals surface area (Å²) in [6.45, 7) is 0.818. The maximum atomic E-state index is 12.7. The second-order valence-electron chi connectivity index (χ2n) is 6.11. The van der Waals surface area contributed by atoms with E-state index in [9.17, 15) is 22.8 Å². The van der Waals surface area contributed by atoms with Gasteiger partial charge in [-0.3, -0.25) is 9.59 Å². The van der Waals surface area contributed by atoms with Gasteiger partial charge in [-0.2, -0.15) is 13.2 Å². The van der Waals surface area contributed by atoms with E-state index in [4.69, 9.17) is 23.2 Å². The standard InChI is InChI=1S/C18H14Cl2F3N3O2S/c19-11-3-4-12(14(20)10-11)16(27)25-6-8-26(9-7-25)17(28)13-2-1-5-24-15(13)29-18(21,22)23/h1-5,10H,6-9H2. The van der Waals surface area contributed by atoms with Crippen LogP contribution in [0.15, 0.2) is 41.6 Å². The quantitative estimate of drug-likeness (QED) is 0.624. The van der Waals surface area contributed by atoms with Gasteiger partial charge in [0, 0.05) is 49.2 Å². The van der Waals surface area contributed by atoms with E-state index in [0.29, 0.717) is 10.6 Å². The number of carbonyl (C=O) groups excluding carboxylic acids is 2. The summed E-state index contributed by atoms with van der Waals surface area (Å²) in [7, 11) is 0. The van der Waals surface area contributed by atoms with E-state index in [-0.39, 0.29) is 42.7 Å². The number of amides is 2. The number of hydrogen-bond acceptors (Lipinski definition) is 4. The monoisotopic (exact) mass is 463 g/mol. The molecule has 0 atom stereocenters. The number of alkyl halides is 3. The van der Waals surface area contributed by atoms with Crippen LogP contribution in [0.3, 0.4) is 0 Å². The molecule has 1 aromatic heterocycles. The Morgan fingerprint density at radius 2 is 1.55 bits per heavy atom. The van der Waals surface area contributed by atoms with Gasteiger partial charge in [-0.1, -0.05) is 23.2 Å². The van der Waals surface area contributed by atoms with E-state index >= 15 is 0 Å². The molecule has 0 unspecified atom stereocenters. The lowest BCUT2D eigenvalue weighted by molar-refractivity contribution is -0.0329. The average Bonchev–Trinajstić information content (AvgIpc) is 2.66. The molecule has 2 aromatic rings. The number of pyridine rings is 1. The number of halogens is 5. The summed E-state index contributed by atoms with van der Waals surface area (Å²) < 4.78 is 38.2. The Labute approximate surface area is 178 Å². The zero-order valence-electron chi connectivity index (χ0n) is 14.7. The van der Waals surface area contributed by atoms with Crippen molar-refractivity contribution in [2.45, 2.75) is 10.5 Å². The Bertz CT molecular complexity index is 935. The van der Waals surface area contributed by atoms with Crippen molar-refractivity contribution in [2.24, 2.45) is 0 Å². The van der Waals surface area contributed by atoms with Crippen molar-refractivity contribution >= 4 is 46.8 Å².